The number of hydrogen-bond donors (Lipinski definition) is 2. The van der Waals surface area contributed by atoms with E-state index < -0.39 is 16.1 Å². The average Bonchev–Trinajstić information content (AvgIpc) is 1.86. The summed E-state index contributed by atoms with van der Waals surface area (Å²) in [4.78, 5) is 9.25. The first-order chi connectivity index (χ1) is 5.33. The van der Waals surface area contributed by atoms with Gasteiger partial charge < -0.3 is 5.11 Å². The number of rotatable bonds is 3. The number of hydrogen-bond acceptors (Lipinski definition) is 3. The molecule has 0 unspecified atom stereocenters. The molecule has 0 aliphatic heterocycles. The van der Waals surface area contributed by atoms with Crippen molar-refractivity contribution >= 4 is 16.1 Å². The van der Waals surface area contributed by atoms with Crippen LogP contribution >= 0.6 is 0 Å². The number of carboxylic acids is 1. The topological polar surface area (TPSA) is 91.7 Å². The first-order valence-electron chi connectivity index (χ1n) is 3.14. The van der Waals surface area contributed by atoms with E-state index in [0.717, 1.165) is 6.08 Å². The minimum atomic E-state index is -3.67. The van der Waals surface area contributed by atoms with Gasteiger partial charge in [-0.1, -0.05) is 13.5 Å². The van der Waals surface area contributed by atoms with Gasteiger partial charge in [0.05, 0.1) is 5.75 Å². The van der Waals surface area contributed by atoms with Gasteiger partial charge in [-0.15, -0.1) is 0 Å². The van der Waals surface area contributed by atoms with E-state index in [1.54, 1.807) is 6.92 Å². The Balaban J connectivity index is 0. The van der Waals surface area contributed by atoms with Crippen LogP contribution in [0.4, 0.5) is 0 Å². The lowest BCUT2D eigenvalue weighted by atomic mass is 10.6. The minimum Gasteiger partial charge on any atom is -0.478 e. The van der Waals surface area contributed by atoms with Crippen molar-refractivity contribution in [1.82, 2.24) is 0 Å². The Labute approximate surface area is 71.5 Å². The molecule has 0 fully saturated rings. The average molecular weight is 196 g/mol. The van der Waals surface area contributed by atoms with Gasteiger partial charge in [-0.05, 0) is 6.42 Å². The molecule has 6 heteroatoms. The van der Waals surface area contributed by atoms with Crippen molar-refractivity contribution in [3.05, 3.63) is 12.7 Å². The van der Waals surface area contributed by atoms with Gasteiger partial charge in [0.1, 0.15) is 0 Å². The predicted molar refractivity (Wildman–Crippen MR) is 44.5 cm³/mol. The molecule has 0 aromatic carbocycles. The molecule has 0 aliphatic rings. The van der Waals surface area contributed by atoms with Crippen LogP contribution in [-0.4, -0.2) is 29.8 Å². The molecule has 0 amide bonds. The van der Waals surface area contributed by atoms with Crippen LogP contribution in [0.15, 0.2) is 12.7 Å². The normalized spacial score (nSPS) is 9.50. The van der Waals surface area contributed by atoms with Crippen LogP contribution in [0.1, 0.15) is 13.3 Å². The zero-order valence-corrected chi connectivity index (χ0v) is 7.54. The summed E-state index contributed by atoms with van der Waals surface area (Å²) in [6.07, 6.45) is 1.30. The standard InChI is InChI=1S/C3H8O3S.C3H4O2/c1-2-3-7(4,5)6;1-2-3(4)5/h2-3H2,1H3,(H,4,5,6);2H,1H2,(H,4,5). The molecule has 0 saturated carbocycles. The smallest absolute Gasteiger partial charge is 0.327 e. The monoisotopic (exact) mass is 196 g/mol. The van der Waals surface area contributed by atoms with Gasteiger partial charge in [-0.2, -0.15) is 8.42 Å². The highest BCUT2D eigenvalue weighted by atomic mass is 32.2. The molecule has 0 atom stereocenters. The fraction of sp³-hybridized carbons (Fsp3) is 0.500. The second kappa shape index (κ2) is 6.81. The third-order valence-electron chi connectivity index (χ3n) is 0.637. The summed E-state index contributed by atoms with van der Waals surface area (Å²) in [5.74, 6) is -1.11. The van der Waals surface area contributed by atoms with Gasteiger partial charge >= 0.3 is 5.97 Å². The van der Waals surface area contributed by atoms with E-state index >= 15 is 0 Å². The van der Waals surface area contributed by atoms with Crippen molar-refractivity contribution < 1.29 is 22.9 Å². The Morgan fingerprint density at radius 1 is 1.58 bits per heavy atom. The molecular weight excluding hydrogens is 184 g/mol. The third-order valence-corrected chi connectivity index (χ3v) is 1.56. The third kappa shape index (κ3) is 22.9. The molecule has 5 nitrogen and oxygen atoms in total. The van der Waals surface area contributed by atoms with Gasteiger partial charge in [-0.25, -0.2) is 4.79 Å². The fourth-order valence-corrected chi connectivity index (χ4v) is 0.774. The first-order valence-corrected chi connectivity index (χ1v) is 4.75. The van der Waals surface area contributed by atoms with Crippen molar-refractivity contribution in [1.29, 1.82) is 0 Å². The molecule has 0 aromatic heterocycles. The number of carbonyl (C=O) groups is 1. The van der Waals surface area contributed by atoms with E-state index in [1.165, 1.54) is 0 Å². The van der Waals surface area contributed by atoms with E-state index in [0.29, 0.717) is 6.42 Å². The predicted octanol–water partition coefficient (Wildman–Crippen LogP) is 0.541. The lowest BCUT2D eigenvalue weighted by molar-refractivity contribution is -0.131. The van der Waals surface area contributed by atoms with Crippen molar-refractivity contribution in [2.45, 2.75) is 13.3 Å². The fourth-order valence-electron chi connectivity index (χ4n) is 0.258. The molecule has 0 rings (SSSR count). The van der Waals surface area contributed by atoms with Crippen LogP contribution in [-0.2, 0) is 14.9 Å². The number of aliphatic carboxylic acids is 1. The highest BCUT2D eigenvalue weighted by molar-refractivity contribution is 7.85. The molecule has 0 spiro atoms. The summed E-state index contributed by atoms with van der Waals surface area (Å²) < 4.78 is 27.6. The van der Waals surface area contributed by atoms with Crippen LogP contribution in [0, 0.1) is 0 Å². The molecule has 0 heterocycles. The summed E-state index contributed by atoms with van der Waals surface area (Å²) >= 11 is 0. The van der Waals surface area contributed by atoms with Crippen LogP contribution < -0.4 is 0 Å². The highest BCUT2D eigenvalue weighted by Gasteiger charge is 1.98. The maximum Gasteiger partial charge on any atom is 0.327 e. The van der Waals surface area contributed by atoms with Gasteiger partial charge in [-0.3, -0.25) is 4.55 Å². The second-order valence-electron chi connectivity index (χ2n) is 1.83. The molecule has 0 aromatic rings. The molecular formula is C6H12O5S. The van der Waals surface area contributed by atoms with Crippen LogP contribution in [0.5, 0.6) is 0 Å². The molecule has 0 bridgehead atoms. The van der Waals surface area contributed by atoms with E-state index in [1.807, 2.05) is 0 Å². The minimum absolute atomic E-state index is 0.132. The summed E-state index contributed by atoms with van der Waals surface area (Å²) in [6.45, 7) is 4.65. The second-order valence-corrected chi connectivity index (χ2v) is 3.40. The van der Waals surface area contributed by atoms with Crippen LogP contribution in [0.25, 0.3) is 0 Å². The molecule has 12 heavy (non-hydrogen) atoms. The maximum atomic E-state index is 9.79. The summed E-state index contributed by atoms with van der Waals surface area (Å²) in [6, 6.07) is 0. The summed E-state index contributed by atoms with van der Waals surface area (Å²) in [5, 5.41) is 7.60. The van der Waals surface area contributed by atoms with E-state index in [9.17, 15) is 13.2 Å². The van der Waals surface area contributed by atoms with Crippen molar-refractivity contribution in [3.8, 4) is 0 Å². The zero-order chi connectivity index (χ0) is 10.2. The summed E-state index contributed by atoms with van der Waals surface area (Å²) in [7, 11) is -3.67. The Morgan fingerprint density at radius 3 is 1.92 bits per heavy atom. The Hall–Kier alpha value is -0.880. The quantitative estimate of drug-likeness (QED) is 0.507. The maximum absolute atomic E-state index is 9.79. The molecule has 0 saturated heterocycles. The van der Waals surface area contributed by atoms with E-state index in [2.05, 4.69) is 6.58 Å². The van der Waals surface area contributed by atoms with Gasteiger partial charge in [0.2, 0.25) is 0 Å². The van der Waals surface area contributed by atoms with Crippen molar-refractivity contribution in [3.63, 3.8) is 0 Å². The van der Waals surface area contributed by atoms with Crippen LogP contribution in [0.2, 0.25) is 0 Å². The zero-order valence-electron chi connectivity index (χ0n) is 6.73. The SMILES string of the molecule is C=CC(=O)O.CCCS(=O)(=O)O. The van der Waals surface area contributed by atoms with E-state index in [-0.39, 0.29) is 5.75 Å². The molecule has 2 N–H and O–H groups in total. The lowest BCUT2D eigenvalue weighted by Gasteiger charge is -1.85. The Bertz CT molecular complexity index is 228. The largest absolute Gasteiger partial charge is 0.478 e. The molecule has 0 aliphatic carbocycles. The Morgan fingerprint density at radius 2 is 1.92 bits per heavy atom. The van der Waals surface area contributed by atoms with Gasteiger partial charge in [0.15, 0.2) is 0 Å². The Kier molecular flexibility index (Phi) is 7.77. The molecule has 0 radical (unpaired) electrons. The molecule has 72 valence electrons. The lowest BCUT2D eigenvalue weighted by Crippen LogP contribution is -2.01. The van der Waals surface area contributed by atoms with Crippen LogP contribution in [0.3, 0.4) is 0 Å². The van der Waals surface area contributed by atoms with Crippen molar-refractivity contribution in [2.24, 2.45) is 0 Å². The highest BCUT2D eigenvalue weighted by Crippen LogP contribution is 1.83. The van der Waals surface area contributed by atoms with E-state index in [4.69, 9.17) is 9.66 Å². The van der Waals surface area contributed by atoms with Gasteiger partial charge in [0, 0.05) is 6.08 Å². The first kappa shape index (κ1) is 13.7. The summed E-state index contributed by atoms with van der Waals surface area (Å²) in [5.41, 5.74) is 0. The number of carboxylic acid groups (broad SMARTS) is 1. The van der Waals surface area contributed by atoms with Gasteiger partial charge in [0.25, 0.3) is 10.1 Å². The van der Waals surface area contributed by atoms with Crippen molar-refractivity contribution in [2.75, 3.05) is 5.75 Å².